The maximum Gasteiger partial charge on any atom is 0.264 e. The van der Waals surface area contributed by atoms with E-state index in [4.69, 9.17) is 0 Å². The summed E-state index contributed by atoms with van der Waals surface area (Å²) in [5.74, 6) is -0.559. The maximum absolute atomic E-state index is 13.9. The van der Waals surface area contributed by atoms with Gasteiger partial charge in [-0.2, -0.15) is 0 Å². The van der Waals surface area contributed by atoms with E-state index in [0.717, 1.165) is 5.56 Å². The molecular weight excluding hydrogens is 572 g/mol. The van der Waals surface area contributed by atoms with Crippen LogP contribution in [0.4, 0.5) is 17.1 Å². The van der Waals surface area contributed by atoms with Crippen molar-refractivity contribution >= 4 is 43.0 Å². The second-order valence-corrected chi connectivity index (χ2v) is 12.7. The molecule has 5 rings (SSSR count). The number of pyridine rings is 1. The third-order valence-electron chi connectivity index (χ3n) is 6.25. The van der Waals surface area contributed by atoms with E-state index in [0.29, 0.717) is 11.4 Å². The number of nitrogens with one attached hydrogen (secondary N) is 2. The molecule has 5 aromatic rings. The monoisotopic (exact) mass is 598 g/mol. The minimum atomic E-state index is -4.05. The molecule has 0 saturated carbocycles. The molecule has 4 aromatic carbocycles. The molecule has 1 aromatic heterocycles. The number of hydrogen-bond acceptors (Lipinski definition) is 6. The van der Waals surface area contributed by atoms with Crippen molar-refractivity contribution in [3.05, 3.63) is 145 Å². The Morgan fingerprint density at radius 1 is 0.667 bits per heavy atom. The summed E-state index contributed by atoms with van der Waals surface area (Å²) in [5.41, 5.74) is 1.71. The van der Waals surface area contributed by atoms with Gasteiger partial charge in [-0.05, 0) is 66.2 Å². The fourth-order valence-corrected chi connectivity index (χ4v) is 6.74. The Labute approximate surface area is 244 Å². The molecule has 0 atom stereocenters. The number of rotatable bonds is 10. The van der Waals surface area contributed by atoms with Gasteiger partial charge in [-0.1, -0.05) is 60.7 Å². The van der Waals surface area contributed by atoms with E-state index in [9.17, 15) is 21.6 Å². The second-order valence-electron chi connectivity index (χ2n) is 9.15. The highest BCUT2D eigenvalue weighted by atomic mass is 32.2. The number of carbonyl (C=O) groups excluding carboxylic acids is 1. The fourth-order valence-electron chi connectivity index (χ4n) is 4.20. The quantitative estimate of drug-likeness (QED) is 0.218. The summed E-state index contributed by atoms with van der Waals surface area (Å²) < 4.78 is 56.9. The fraction of sp³-hybridized carbons (Fsp3) is 0.0323. The average Bonchev–Trinajstić information content (AvgIpc) is 3.01. The number of hydrogen-bond donors (Lipinski definition) is 2. The van der Waals surface area contributed by atoms with Crippen molar-refractivity contribution in [2.24, 2.45) is 0 Å². The standard InChI is InChI=1S/C31H26N4O5S2/c36-31(33-25-17-19-27(20-18-25)41(37,38)34-26-12-9-21-32-22-26)29-15-7-8-16-30(29)35(23-24-10-3-1-4-11-24)42(39,40)28-13-5-2-6-14-28/h1-22,34H,23H2,(H,33,36). The van der Waals surface area contributed by atoms with Gasteiger partial charge in [0.1, 0.15) is 0 Å². The van der Waals surface area contributed by atoms with Crippen molar-refractivity contribution in [2.45, 2.75) is 16.3 Å². The first-order valence-electron chi connectivity index (χ1n) is 12.8. The Morgan fingerprint density at radius 2 is 1.31 bits per heavy atom. The zero-order chi connectivity index (χ0) is 29.6. The molecule has 0 unspecified atom stereocenters. The Kier molecular flexibility index (Phi) is 8.32. The molecule has 0 aliphatic heterocycles. The normalized spacial score (nSPS) is 11.4. The molecule has 0 saturated heterocycles. The van der Waals surface area contributed by atoms with Crippen molar-refractivity contribution in [1.82, 2.24) is 4.98 Å². The van der Waals surface area contributed by atoms with Gasteiger partial charge in [0.25, 0.3) is 26.0 Å². The molecule has 212 valence electrons. The lowest BCUT2D eigenvalue weighted by atomic mass is 10.1. The molecule has 42 heavy (non-hydrogen) atoms. The SMILES string of the molecule is O=C(Nc1ccc(S(=O)(=O)Nc2cccnc2)cc1)c1ccccc1N(Cc1ccccc1)S(=O)(=O)c1ccccc1. The topological polar surface area (TPSA) is 126 Å². The molecule has 1 amide bonds. The molecule has 0 fully saturated rings. The largest absolute Gasteiger partial charge is 0.322 e. The lowest BCUT2D eigenvalue weighted by Crippen LogP contribution is -2.32. The van der Waals surface area contributed by atoms with Crippen molar-refractivity contribution in [3.8, 4) is 0 Å². The van der Waals surface area contributed by atoms with Crippen LogP contribution < -0.4 is 14.3 Å². The van der Waals surface area contributed by atoms with E-state index in [-0.39, 0.29) is 27.6 Å². The van der Waals surface area contributed by atoms with Crippen LogP contribution in [-0.4, -0.2) is 27.7 Å². The van der Waals surface area contributed by atoms with E-state index in [1.807, 2.05) is 30.3 Å². The second kappa shape index (κ2) is 12.2. The lowest BCUT2D eigenvalue weighted by Gasteiger charge is -2.26. The number of carbonyl (C=O) groups is 1. The molecule has 1 heterocycles. The third-order valence-corrected chi connectivity index (χ3v) is 9.42. The lowest BCUT2D eigenvalue weighted by molar-refractivity contribution is 0.102. The summed E-state index contributed by atoms with van der Waals surface area (Å²) in [4.78, 5) is 17.5. The highest BCUT2D eigenvalue weighted by molar-refractivity contribution is 7.93. The Balaban J connectivity index is 1.43. The Bertz CT molecular complexity index is 1890. The van der Waals surface area contributed by atoms with Crippen LogP contribution in [0, 0.1) is 0 Å². The minimum Gasteiger partial charge on any atom is -0.322 e. The average molecular weight is 599 g/mol. The summed E-state index contributed by atoms with van der Waals surface area (Å²) in [7, 11) is -7.93. The van der Waals surface area contributed by atoms with Crippen molar-refractivity contribution in [1.29, 1.82) is 0 Å². The van der Waals surface area contributed by atoms with Gasteiger partial charge in [0.2, 0.25) is 0 Å². The maximum atomic E-state index is 13.9. The summed E-state index contributed by atoms with van der Waals surface area (Å²) >= 11 is 0. The third kappa shape index (κ3) is 6.48. The summed E-state index contributed by atoms with van der Waals surface area (Å²) in [6, 6.07) is 32.4. The van der Waals surface area contributed by atoms with Gasteiger partial charge < -0.3 is 5.32 Å². The predicted molar refractivity (Wildman–Crippen MR) is 162 cm³/mol. The van der Waals surface area contributed by atoms with Gasteiger partial charge in [-0.25, -0.2) is 16.8 Å². The van der Waals surface area contributed by atoms with Crippen LogP contribution in [0.1, 0.15) is 15.9 Å². The number of sulfonamides is 2. The zero-order valence-corrected chi connectivity index (χ0v) is 23.8. The van der Waals surface area contributed by atoms with Crippen LogP contribution in [0.15, 0.2) is 144 Å². The van der Waals surface area contributed by atoms with Crippen molar-refractivity contribution in [3.63, 3.8) is 0 Å². The van der Waals surface area contributed by atoms with E-state index in [2.05, 4.69) is 15.0 Å². The van der Waals surface area contributed by atoms with Crippen LogP contribution >= 0.6 is 0 Å². The Hall–Kier alpha value is -5.00. The molecule has 2 N–H and O–H groups in total. The van der Waals surface area contributed by atoms with Gasteiger partial charge >= 0.3 is 0 Å². The smallest absolute Gasteiger partial charge is 0.264 e. The number of para-hydroxylation sites is 1. The highest BCUT2D eigenvalue weighted by Crippen LogP contribution is 2.30. The van der Waals surface area contributed by atoms with Crippen LogP contribution in [0.25, 0.3) is 0 Å². The number of anilines is 3. The van der Waals surface area contributed by atoms with Crippen LogP contribution in [-0.2, 0) is 26.6 Å². The van der Waals surface area contributed by atoms with Gasteiger partial charge in [-0.3, -0.25) is 18.8 Å². The Morgan fingerprint density at radius 3 is 1.98 bits per heavy atom. The summed E-state index contributed by atoms with van der Waals surface area (Å²) in [5, 5.41) is 2.75. The molecule has 0 aliphatic rings. The number of aromatic nitrogens is 1. The predicted octanol–water partition coefficient (Wildman–Crippen LogP) is 5.53. The summed E-state index contributed by atoms with van der Waals surface area (Å²) in [6.45, 7) is -0.00114. The van der Waals surface area contributed by atoms with Crippen molar-refractivity contribution < 1.29 is 21.6 Å². The first-order chi connectivity index (χ1) is 20.2. The van der Waals surface area contributed by atoms with Gasteiger partial charge in [0.15, 0.2) is 0 Å². The zero-order valence-electron chi connectivity index (χ0n) is 22.2. The molecular formula is C31H26N4O5S2. The van der Waals surface area contributed by atoms with Gasteiger partial charge in [0, 0.05) is 11.9 Å². The molecule has 9 nitrogen and oxygen atoms in total. The van der Waals surface area contributed by atoms with Gasteiger partial charge in [0.05, 0.1) is 39.5 Å². The van der Waals surface area contributed by atoms with E-state index in [1.165, 1.54) is 53.1 Å². The first-order valence-corrected chi connectivity index (χ1v) is 15.7. The number of benzene rings is 4. The van der Waals surface area contributed by atoms with E-state index < -0.39 is 26.0 Å². The molecule has 0 aliphatic carbocycles. The number of amides is 1. The summed E-state index contributed by atoms with van der Waals surface area (Å²) in [6.07, 6.45) is 2.92. The minimum absolute atomic E-state index is 0.00114. The first kappa shape index (κ1) is 28.5. The number of nitrogens with zero attached hydrogens (tertiary/aromatic N) is 2. The van der Waals surface area contributed by atoms with Gasteiger partial charge in [-0.15, -0.1) is 0 Å². The highest BCUT2D eigenvalue weighted by Gasteiger charge is 2.28. The van der Waals surface area contributed by atoms with E-state index >= 15 is 0 Å². The molecule has 11 heteroatoms. The van der Waals surface area contributed by atoms with E-state index in [1.54, 1.807) is 54.6 Å². The van der Waals surface area contributed by atoms with Crippen molar-refractivity contribution in [2.75, 3.05) is 14.3 Å². The molecule has 0 radical (unpaired) electrons. The molecule has 0 spiro atoms. The molecule has 0 bridgehead atoms. The van der Waals surface area contributed by atoms with Crippen LogP contribution in [0.3, 0.4) is 0 Å². The van der Waals surface area contributed by atoms with Crippen LogP contribution in [0.2, 0.25) is 0 Å². The van der Waals surface area contributed by atoms with Crippen LogP contribution in [0.5, 0.6) is 0 Å².